The maximum atomic E-state index is 12.7. The number of fused-ring (bicyclic) bond motifs is 5. The second-order valence-electron chi connectivity index (χ2n) is 14.1. The van der Waals surface area contributed by atoms with Crippen LogP contribution in [0.2, 0.25) is 0 Å². The van der Waals surface area contributed by atoms with Crippen LogP contribution in [0.25, 0.3) is 0 Å². The normalized spacial score (nSPS) is 47.3. The van der Waals surface area contributed by atoms with E-state index < -0.39 is 33.6 Å². The number of carbonyl (C=O) groups excluding carboxylic acids is 1. The SMILES string of the molecule is C[C@H](CCC(=O)NC1(CS(=O)(=O)O)CC1)[C@H]1CC[C@H]2[C@@H]3[C@H](O)C[C@@H]4C[C@H](O)CC[C@]4(C)[C@H]3C[C@H](O)[C@]12C. The summed E-state index contributed by atoms with van der Waals surface area (Å²) in [5, 5.41) is 36.2. The summed E-state index contributed by atoms with van der Waals surface area (Å²) in [4.78, 5) is 12.7. The van der Waals surface area contributed by atoms with E-state index >= 15 is 0 Å². The molecular formula is C28H47NO7S. The molecule has 5 aliphatic rings. The third-order valence-corrected chi connectivity index (χ3v) is 13.0. The third-order valence-electron chi connectivity index (χ3n) is 12.1. The van der Waals surface area contributed by atoms with Crippen LogP contribution < -0.4 is 5.32 Å². The average Bonchev–Trinajstić information content (AvgIpc) is 3.42. The molecule has 0 aromatic carbocycles. The van der Waals surface area contributed by atoms with Gasteiger partial charge >= 0.3 is 0 Å². The molecule has 8 nitrogen and oxygen atoms in total. The topological polar surface area (TPSA) is 144 Å². The molecular weight excluding hydrogens is 494 g/mol. The molecule has 5 saturated carbocycles. The molecule has 9 heteroatoms. The lowest BCUT2D eigenvalue weighted by atomic mass is 9.43. The Hall–Kier alpha value is -0.740. The summed E-state index contributed by atoms with van der Waals surface area (Å²) in [7, 11) is -4.14. The largest absolute Gasteiger partial charge is 0.393 e. The van der Waals surface area contributed by atoms with Gasteiger partial charge in [0.05, 0.1) is 29.6 Å². The van der Waals surface area contributed by atoms with Gasteiger partial charge in [-0.05, 0) is 111 Å². The van der Waals surface area contributed by atoms with Gasteiger partial charge in [-0.15, -0.1) is 0 Å². The van der Waals surface area contributed by atoms with E-state index in [1.54, 1.807) is 0 Å². The minimum absolute atomic E-state index is 0.0496. The molecule has 0 heterocycles. The molecule has 5 N–H and O–H groups in total. The molecule has 5 fully saturated rings. The van der Waals surface area contributed by atoms with Gasteiger partial charge in [0.1, 0.15) is 0 Å². The molecule has 1 amide bonds. The molecule has 5 rings (SSSR count). The molecule has 5 aliphatic carbocycles. The molecule has 0 aromatic rings. The van der Waals surface area contributed by atoms with Gasteiger partial charge in [0.2, 0.25) is 5.91 Å². The second kappa shape index (κ2) is 9.43. The van der Waals surface area contributed by atoms with Gasteiger partial charge in [0.25, 0.3) is 10.1 Å². The number of carbonyl (C=O) groups is 1. The van der Waals surface area contributed by atoms with Crippen LogP contribution in [0.4, 0.5) is 0 Å². The molecule has 212 valence electrons. The number of aliphatic hydroxyl groups excluding tert-OH is 3. The van der Waals surface area contributed by atoms with E-state index in [4.69, 9.17) is 0 Å². The van der Waals surface area contributed by atoms with Crippen molar-refractivity contribution < 1.29 is 33.1 Å². The number of amides is 1. The zero-order valence-corrected chi connectivity index (χ0v) is 23.4. The Bertz CT molecular complexity index is 998. The van der Waals surface area contributed by atoms with Crippen LogP contribution in [0.1, 0.15) is 91.4 Å². The number of hydrogen-bond donors (Lipinski definition) is 5. The second-order valence-corrected chi connectivity index (χ2v) is 15.5. The molecule has 37 heavy (non-hydrogen) atoms. The fourth-order valence-electron chi connectivity index (χ4n) is 9.86. The van der Waals surface area contributed by atoms with E-state index in [2.05, 4.69) is 26.1 Å². The summed E-state index contributed by atoms with van der Waals surface area (Å²) in [6, 6.07) is 0. The maximum absolute atomic E-state index is 12.7. The van der Waals surface area contributed by atoms with Crippen molar-refractivity contribution in [2.24, 2.45) is 46.3 Å². The Labute approximate surface area is 221 Å². The van der Waals surface area contributed by atoms with E-state index in [9.17, 15) is 33.1 Å². The van der Waals surface area contributed by atoms with Crippen LogP contribution >= 0.6 is 0 Å². The lowest BCUT2D eigenvalue weighted by Gasteiger charge is -2.63. The highest BCUT2D eigenvalue weighted by Gasteiger charge is 2.65. The van der Waals surface area contributed by atoms with Gasteiger partial charge in [0.15, 0.2) is 0 Å². The Morgan fingerprint density at radius 3 is 2.35 bits per heavy atom. The van der Waals surface area contributed by atoms with Crippen molar-refractivity contribution in [3.05, 3.63) is 0 Å². The molecule has 0 unspecified atom stereocenters. The minimum atomic E-state index is -4.14. The summed E-state index contributed by atoms with van der Waals surface area (Å²) in [5.41, 5.74) is -1.07. The van der Waals surface area contributed by atoms with E-state index in [0.717, 1.165) is 38.5 Å². The predicted octanol–water partition coefficient (Wildman–Crippen LogP) is 2.90. The molecule has 0 aliphatic heterocycles. The molecule has 0 bridgehead atoms. The quantitative estimate of drug-likeness (QED) is 0.312. The first-order chi connectivity index (χ1) is 17.2. The van der Waals surface area contributed by atoms with Gasteiger partial charge in [-0.1, -0.05) is 20.8 Å². The summed E-state index contributed by atoms with van der Waals surface area (Å²) >= 11 is 0. The zero-order chi connectivity index (χ0) is 27.0. The van der Waals surface area contributed by atoms with E-state index in [-0.39, 0.29) is 52.4 Å². The standard InChI is InChI=1S/C28H47NO7S/c1-16(4-7-24(33)29-28(10-11-28)15-37(34,35)36)19-5-6-20-25-21(14-23(32)27(19,20)3)26(2)9-8-18(30)12-17(26)13-22(25)31/h16-23,25,30-32H,4-15H2,1-3H3,(H,29,33)(H,34,35,36)/t16-,17+,18-,19-,20+,21+,22-,23+,25+,26+,27-/m1/s1. The number of nitrogens with one attached hydrogen (secondary N) is 1. The molecule has 0 spiro atoms. The van der Waals surface area contributed by atoms with Crippen LogP contribution in [0.3, 0.4) is 0 Å². The Morgan fingerprint density at radius 1 is 1.00 bits per heavy atom. The van der Waals surface area contributed by atoms with Crippen molar-refractivity contribution in [3.8, 4) is 0 Å². The highest BCUT2D eigenvalue weighted by Crippen LogP contribution is 2.68. The van der Waals surface area contributed by atoms with Gasteiger partial charge in [0, 0.05) is 6.42 Å². The van der Waals surface area contributed by atoms with Crippen molar-refractivity contribution in [1.29, 1.82) is 0 Å². The van der Waals surface area contributed by atoms with Crippen molar-refractivity contribution >= 4 is 16.0 Å². The van der Waals surface area contributed by atoms with Crippen LogP contribution in [-0.2, 0) is 14.9 Å². The minimum Gasteiger partial charge on any atom is -0.393 e. The molecule has 0 aromatic heterocycles. The first kappa shape index (κ1) is 27.8. The summed E-state index contributed by atoms with van der Waals surface area (Å²) in [6.07, 6.45) is 6.83. The zero-order valence-electron chi connectivity index (χ0n) is 22.6. The molecule has 0 radical (unpaired) electrons. The van der Waals surface area contributed by atoms with Crippen LogP contribution in [0.15, 0.2) is 0 Å². The van der Waals surface area contributed by atoms with E-state index in [1.807, 2.05) is 0 Å². The summed E-state index contributed by atoms with van der Waals surface area (Å²) in [6.45, 7) is 6.71. The lowest BCUT2D eigenvalue weighted by Crippen LogP contribution is -2.62. The van der Waals surface area contributed by atoms with Crippen molar-refractivity contribution in [3.63, 3.8) is 0 Å². The number of rotatable bonds is 7. The van der Waals surface area contributed by atoms with Gasteiger partial charge in [-0.3, -0.25) is 9.35 Å². The highest BCUT2D eigenvalue weighted by atomic mass is 32.2. The van der Waals surface area contributed by atoms with E-state index in [0.29, 0.717) is 38.0 Å². The number of aliphatic hydroxyl groups is 3. The maximum Gasteiger partial charge on any atom is 0.267 e. The average molecular weight is 542 g/mol. The predicted molar refractivity (Wildman–Crippen MR) is 139 cm³/mol. The highest BCUT2D eigenvalue weighted by molar-refractivity contribution is 7.85. The summed E-state index contributed by atoms with van der Waals surface area (Å²) in [5.74, 6) is 0.815. The summed E-state index contributed by atoms with van der Waals surface area (Å²) < 4.78 is 31.8. The Balaban J connectivity index is 1.26. The van der Waals surface area contributed by atoms with Gasteiger partial charge in [-0.2, -0.15) is 8.42 Å². The lowest BCUT2D eigenvalue weighted by molar-refractivity contribution is -0.207. The monoisotopic (exact) mass is 541 g/mol. The van der Waals surface area contributed by atoms with Crippen molar-refractivity contribution in [2.75, 3.05) is 5.75 Å². The Morgan fingerprint density at radius 2 is 1.70 bits per heavy atom. The smallest absolute Gasteiger partial charge is 0.267 e. The first-order valence-corrected chi connectivity index (χ1v) is 16.1. The van der Waals surface area contributed by atoms with Gasteiger partial charge < -0.3 is 20.6 Å². The van der Waals surface area contributed by atoms with Crippen LogP contribution in [-0.4, -0.2) is 63.8 Å². The Kier molecular flexibility index (Phi) is 7.09. The van der Waals surface area contributed by atoms with Crippen LogP contribution in [0.5, 0.6) is 0 Å². The van der Waals surface area contributed by atoms with Crippen molar-refractivity contribution in [2.45, 2.75) is 115 Å². The van der Waals surface area contributed by atoms with E-state index in [1.165, 1.54) is 0 Å². The van der Waals surface area contributed by atoms with Crippen molar-refractivity contribution in [1.82, 2.24) is 5.32 Å². The fraction of sp³-hybridized carbons (Fsp3) is 0.964. The molecule has 11 atom stereocenters. The number of hydrogen-bond acceptors (Lipinski definition) is 6. The fourth-order valence-corrected chi connectivity index (χ4v) is 10.9. The van der Waals surface area contributed by atoms with Gasteiger partial charge in [-0.25, -0.2) is 0 Å². The van der Waals surface area contributed by atoms with Crippen LogP contribution in [0, 0.1) is 46.3 Å². The molecule has 0 saturated heterocycles. The first-order valence-electron chi connectivity index (χ1n) is 14.5. The third kappa shape index (κ3) is 4.90.